The van der Waals surface area contributed by atoms with E-state index in [1.807, 2.05) is 0 Å². The van der Waals surface area contributed by atoms with Crippen LogP contribution >= 0.6 is 11.6 Å². The molecule has 1 aromatic carbocycles. The van der Waals surface area contributed by atoms with Crippen molar-refractivity contribution in [1.82, 2.24) is 5.32 Å². The zero-order valence-electron chi connectivity index (χ0n) is 12.2. The van der Waals surface area contributed by atoms with Gasteiger partial charge in [0, 0.05) is 11.1 Å². The number of halogens is 3. The van der Waals surface area contributed by atoms with E-state index in [4.69, 9.17) is 11.6 Å². The van der Waals surface area contributed by atoms with Gasteiger partial charge in [0.15, 0.2) is 11.6 Å². The van der Waals surface area contributed by atoms with Gasteiger partial charge in [-0.05, 0) is 42.5 Å². The molecule has 0 radical (unpaired) electrons. The summed E-state index contributed by atoms with van der Waals surface area (Å²) in [6.45, 7) is 8.64. The zero-order valence-corrected chi connectivity index (χ0v) is 12.9. The smallest absolute Gasteiger partial charge is 0.160 e. The van der Waals surface area contributed by atoms with E-state index in [0.29, 0.717) is 11.5 Å². The predicted octanol–water partition coefficient (Wildman–Crippen LogP) is 4.95. The van der Waals surface area contributed by atoms with E-state index in [9.17, 15) is 8.78 Å². The van der Waals surface area contributed by atoms with Gasteiger partial charge in [-0.25, -0.2) is 8.78 Å². The quantitative estimate of drug-likeness (QED) is 0.773. The molecule has 0 aromatic heterocycles. The van der Waals surface area contributed by atoms with Gasteiger partial charge in [-0.15, -0.1) is 0 Å². The van der Waals surface area contributed by atoms with Crippen molar-refractivity contribution < 1.29 is 8.78 Å². The summed E-state index contributed by atoms with van der Waals surface area (Å²) in [6.07, 6.45) is 0.810. The van der Waals surface area contributed by atoms with E-state index in [2.05, 4.69) is 33.0 Å². The monoisotopic (exact) mass is 289 g/mol. The molecule has 1 aromatic rings. The topological polar surface area (TPSA) is 12.0 Å². The molecular weight excluding hydrogens is 268 g/mol. The van der Waals surface area contributed by atoms with Gasteiger partial charge in [0.05, 0.1) is 0 Å². The molecule has 0 amide bonds. The highest BCUT2D eigenvalue weighted by atomic mass is 35.5. The third kappa shape index (κ3) is 4.15. The summed E-state index contributed by atoms with van der Waals surface area (Å²) < 4.78 is 26.5. The Hall–Kier alpha value is -0.670. The summed E-state index contributed by atoms with van der Waals surface area (Å²) in [5, 5.41) is 3.40. The normalized spacial score (nSPS) is 15.4. The minimum absolute atomic E-state index is 0.0863. The maximum Gasteiger partial charge on any atom is 0.160 e. The van der Waals surface area contributed by atoms with E-state index in [1.165, 1.54) is 6.07 Å². The first-order valence-electron chi connectivity index (χ1n) is 6.48. The molecule has 2 unspecified atom stereocenters. The molecule has 0 bridgehead atoms. The molecule has 0 aliphatic heterocycles. The summed E-state index contributed by atoms with van der Waals surface area (Å²) >= 11 is 6.03. The molecule has 1 rings (SSSR count). The summed E-state index contributed by atoms with van der Waals surface area (Å²) in [6, 6.07) is 2.14. The van der Waals surface area contributed by atoms with Crippen molar-refractivity contribution >= 4 is 11.6 Å². The van der Waals surface area contributed by atoms with Crippen LogP contribution < -0.4 is 5.32 Å². The van der Waals surface area contributed by atoms with E-state index < -0.39 is 11.6 Å². The van der Waals surface area contributed by atoms with Crippen molar-refractivity contribution in [3.05, 3.63) is 34.4 Å². The highest BCUT2D eigenvalue weighted by Gasteiger charge is 2.25. The third-order valence-electron chi connectivity index (χ3n) is 3.83. The van der Waals surface area contributed by atoms with Gasteiger partial charge in [0.2, 0.25) is 0 Å². The summed E-state index contributed by atoms with van der Waals surface area (Å²) in [4.78, 5) is 0. The SMILES string of the molecule is CNC(CC(C)C(C)(C)C)c1cc(F)c(F)cc1Cl. The molecular formula is C15H22ClF2N. The molecule has 2 atom stereocenters. The van der Waals surface area contributed by atoms with Crippen molar-refractivity contribution in [1.29, 1.82) is 0 Å². The van der Waals surface area contributed by atoms with Crippen LogP contribution in [-0.4, -0.2) is 7.05 Å². The summed E-state index contributed by atoms with van der Waals surface area (Å²) in [5.74, 6) is -1.36. The molecule has 1 N–H and O–H groups in total. The molecule has 0 spiro atoms. The molecule has 108 valence electrons. The van der Waals surface area contributed by atoms with Crippen LogP contribution in [0.2, 0.25) is 5.02 Å². The maximum atomic E-state index is 13.4. The van der Waals surface area contributed by atoms with Gasteiger partial charge in [-0.3, -0.25) is 0 Å². The first-order chi connectivity index (χ1) is 8.66. The van der Waals surface area contributed by atoms with Crippen LogP contribution in [0, 0.1) is 23.0 Å². The average molecular weight is 290 g/mol. The van der Waals surface area contributed by atoms with Crippen LogP contribution in [0.1, 0.15) is 45.7 Å². The molecule has 0 saturated carbocycles. The Morgan fingerprint density at radius 2 is 1.74 bits per heavy atom. The molecule has 0 aliphatic rings. The molecule has 0 heterocycles. The second-order valence-corrected chi connectivity index (χ2v) is 6.54. The van der Waals surface area contributed by atoms with E-state index in [1.54, 1.807) is 7.05 Å². The van der Waals surface area contributed by atoms with Gasteiger partial charge in [-0.2, -0.15) is 0 Å². The minimum atomic E-state index is -0.910. The first kappa shape index (κ1) is 16.4. The van der Waals surface area contributed by atoms with E-state index >= 15 is 0 Å². The lowest BCUT2D eigenvalue weighted by Crippen LogP contribution is -2.25. The number of hydrogen-bond acceptors (Lipinski definition) is 1. The fourth-order valence-corrected chi connectivity index (χ4v) is 2.19. The second kappa shape index (κ2) is 6.19. The average Bonchev–Trinajstić information content (AvgIpc) is 2.29. The summed E-state index contributed by atoms with van der Waals surface area (Å²) in [7, 11) is 1.80. The lowest BCUT2D eigenvalue weighted by atomic mass is 9.77. The third-order valence-corrected chi connectivity index (χ3v) is 4.16. The fraction of sp³-hybridized carbons (Fsp3) is 0.600. The molecule has 0 aliphatic carbocycles. The lowest BCUT2D eigenvalue weighted by molar-refractivity contribution is 0.226. The van der Waals surface area contributed by atoms with Gasteiger partial charge in [0.25, 0.3) is 0 Å². The second-order valence-electron chi connectivity index (χ2n) is 6.13. The van der Waals surface area contributed by atoms with E-state index in [0.717, 1.165) is 12.5 Å². The van der Waals surface area contributed by atoms with Crippen LogP contribution in [0.15, 0.2) is 12.1 Å². The van der Waals surface area contributed by atoms with Crippen molar-refractivity contribution in [2.75, 3.05) is 7.05 Å². The lowest BCUT2D eigenvalue weighted by Gasteiger charge is -2.31. The maximum absolute atomic E-state index is 13.4. The van der Waals surface area contributed by atoms with E-state index in [-0.39, 0.29) is 16.5 Å². The number of hydrogen-bond donors (Lipinski definition) is 1. The van der Waals surface area contributed by atoms with Crippen molar-refractivity contribution in [3.8, 4) is 0 Å². The van der Waals surface area contributed by atoms with Crippen LogP contribution in [0.4, 0.5) is 8.78 Å². The van der Waals surface area contributed by atoms with Crippen LogP contribution in [0.5, 0.6) is 0 Å². The number of benzene rings is 1. The zero-order chi connectivity index (χ0) is 14.8. The first-order valence-corrected chi connectivity index (χ1v) is 6.86. The highest BCUT2D eigenvalue weighted by molar-refractivity contribution is 6.31. The van der Waals surface area contributed by atoms with Gasteiger partial charge in [-0.1, -0.05) is 39.3 Å². The van der Waals surface area contributed by atoms with Crippen LogP contribution in [-0.2, 0) is 0 Å². The molecule has 0 fully saturated rings. The molecule has 1 nitrogen and oxygen atoms in total. The predicted molar refractivity (Wildman–Crippen MR) is 76.4 cm³/mol. The van der Waals surface area contributed by atoms with Crippen molar-refractivity contribution in [3.63, 3.8) is 0 Å². The van der Waals surface area contributed by atoms with Crippen LogP contribution in [0.3, 0.4) is 0 Å². The Bertz CT molecular complexity index is 441. The molecule has 19 heavy (non-hydrogen) atoms. The van der Waals surface area contributed by atoms with Gasteiger partial charge >= 0.3 is 0 Å². The minimum Gasteiger partial charge on any atom is -0.313 e. The Morgan fingerprint density at radius 1 is 1.21 bits per heavy atom. The van der Waals surface area contributed by atoms with Crippen molar-refractivity contribution in [2.45, 2.75) is 40.2 Å². The number of nitrogens with one attached hydrogen (secondary N) is 1. The summed E-state index contributed by atoms with van der Waals surface area (Å²) in [5.41, 5.74) is 0.763. The standard InChI is InChI=1S/C15H22ClF2N/c1-9(15(2,3)4)6-14(19-5)10-7-12(17)13(18)8-11(10)16/h7-9,14,19H,6H2,1-5H3. The Balaban J connectivity index is 3.01. The Kier molecular flexibility index (Phi) is 5.34. The van der Waals surface area contributed by atoms with Crippen LogP contribution in [0.25, 0.3) is 0 Å². The largest absolute Gasteiger partial charge is 0.313 e. The van der Waals surface area contributed by atoms with Crippen molar-refractivity contribution in [2.24, 2.45) is 11.3 Å². The molecule has 4 heteroatoms. The molecule has 0 saturated heterocycles. The Morgan fingerprint density at radius 3 is 2.21 bits per heavy atom. The highest BCUT2D eigenvalue weighted by Crippen LogP contribution is 2.35. The number of rotatable bonds is 4. The fourth-order valence-electron chi connectivity index (χ4n) is 1.91. The Labute approximate surface area is 119 Å². The van der Waals surface area contributed by atoms with Gasteiger partial charge in [0.1, 0.15) is 0 Å². The van der Waals surface area contributed by atoms with Gasteiger partial charge < -0.3 is 5.32 Å².